The Morgan fingerprint density at radius 1 is 1.21 bits per heavy atom. The van der Waals surface area contributed by atoms with Crippen LogP contribution in [0.5, 0.6) is 0 Å². The van der Waals surface area contributed by atoms with E-state index in [-0.39, 0.29) is 0 Å². The van der Waals surface area contributed by atoms with E-state index in [1.54, 1.807) is 11.3 Å². The van der Waals surface area contributed by atoms with Gasteiger partial charge in [-0.15, -0.1) is 21.5 Å². The summed E-state index contributed by atoms with van der Waals surface area (Å²) in [5.74, 6) is 0. The van der Waals surface area contributed by atoms with Crippen LogP contribution in [0.2, 0.25) is 5.02 Å². The Morgan fingerprint density at radius 2 is 2.11 bits per heavy atom. The summed E-state index contributed by atoms with van der Waals surface area (Å²) in [5, 5.41) is 10.9. The van der Waals surface area contributed by atoms with Crippen LogP contribution in [0, 0.1) is 0 Å². The molecule has 0 saturated carbocycles. The van der Waals surface area contributed by atoms with Gasteiger partial charge in [0, 0.05) is 17.6 Å². The number of hydrogen-bond acceptors (Lipinski definition) is 6. The molecule has 3 aromatic rings. The summed E-state index contributed by atoms with van der Waals surface area (Å²) in [6.07, 6.45) is 2.57. The molecule has 0 bridgehead atoms. The first kappa shape index (κ1) is 12.5. The van der Waals surface area contributed by atoms with Gasteiger partial charge in [-0.05, 0) is 17.7 Å². The van der Waals surface area contributed by atoms with Crippen molar-refractivity contribution in [1.29, 1.82) is 0 Å². The number of halogens is 1. The Balaban J connectivity index is 1.82. The van der Waals surface area contributed by atoms with Crippen molar-refractivity contribution in [3.63, 3.8) is 0 Å². The SMILES string of the molecule is Nc1nnc(-c2cnc(Cc3cccc(Cl)c3)s2)s1. The van der Waals surface area contributed by atoms with E-state index in [9.17, 15) is 0 Å². The molecule has 3 rings (SSSR count). The molecule has 0 aliphatic heterocycles. The molecule has 0 spiro atoms. The first-order chi connectivity index (χ1) is 9.20. The lowest BCUT2D eigenvalue weighted by molar-refractivity contribution is 1.10. The molecule has 0 fully saturated rings. The van der Waals surface area contributed by atoms with Crippen molar-refractivity contribution in [3.8, 4) is 9.88 Å². The summed E-state index contributed by atoms with van der Waals surface area (Å²) in [6, 6.07) is 7.79. The van der Waals surface area contributed by atoms with Crippen LogP contribution in [0.4, 0.5) is 5.13 Å². The molecule has 0 amide bonds. The fourth-order valence-corrected chi connectivity index (χ4v) is 3.46. The standard InChI is InChI=1S/C12H9ClN4S2/c13-8-3-1-2-7(4-8)5-10-15-6-9(18-10)11-16-17-12(14)19-11/h1-4,6H,5H2,(H2,14,17). The number of nitrogen functional groups attached to an aromatic ring is 1. The maximum Gasteiger partial charge on any atom is 0.203 e. The maximum absolute atomic E-state index is 5.97. The highest BCUT2D eigenvalue weighted by atomic mass is 35.5. The molecule has 19 heavy (non-hydrogen) atoms. The molecule has 0 aliphatic carbocycles. The summed E-state index contributed by atoms with van der Waals surface area (Å²) in [4.78, 5) is 5.39. The van der Waals surface area contributed by atoms with Crippen molar-refractivity contribution < 1.29 is 0 Å². The number of benzene rings is 1. The Kier molecular flexibility index (Phi) is 3.46. The second-order valence-corrected chi connectivity index (χ2v) is 6.43. The van der Waals surface area contributed by atoms with Gasteiger partial charge in [0.15, 0.2) is 5.01 Å². The van der Waals surface area contributed by atoms with E-state index in [4.69, 9.17) is 17.3 Å². The zero-order chi connectivity index (χ0) is 13.2. The first-order valence-electron chi connectivity index (χ1n) is 5.49. The largest absolute Gasteiger partial charge is 0.374 e. The summed E-state index contributed by atoms with van der Waals surface area (Å²) in [6.45, 7) is 0. The molecule has 2 heterocycles. The van der Waals surface area contributed by atoms with Crippen molar-refractivity contribution in [1.82, 2.24) is 15.2 Å². The smallest absolute Gasteiger partial charge is 0.203 e. The molecule has 0 unspecified atom stereocenters. The van der Waals surface area contributed by atoms with Crippen LogP contribution in [-0.4, -0.2) is 15.2 Å². The number of thiazole rings is 1. The molecule has 4 nitrogen and oxygen atoms in total. The van der Waals surface area contributed by atoms with Crippen molar-refractivity contribution in [2.24, 2.45) is 0 Å². The quantitative estimate of drug-likeness (QED) is 0.804. The third kappa shape index (κ3) is 2.91. The van der Waals surface area contributed by atoms with Crippen LogP contribution in [0.25, 0.3) is 9.88 Å². The lowest BCUT2D eigenvalue weighted by atomic mass is 10.2. The Morgan fingerprint density at radius 3 is 2.84 bits per heavy atom. The molecular weight excluding hydrogens is 300 g/mol. The molecule has 0 atom stereocenters. The van der Waals surface area contributed by atoms with Crippen molar-refractivity contribution >= 4 is 39.4 Å². The Labute approximate surface area is 122 Å². The number of anilines is 1. The van der Waals surface area contributed by atoms with Crippen molar-refractivity contribution in [3.05, 3.63) is 46.1 Å². The highest BCUT2D eigenvalue weighted by Crippen LogP contribution is 2.30. The number of nitrogens with zero attached hydrogens (tertiary/aromatic N) is 3. The average molecular weight is 309 g/mol. The van der Waals surface area contributed by atoms with E-state index in [1.165, 1.54) is 11.3 Å². The number of aromatic nitrogens is 3. The lowest BCUT2D eigenvalue weighted by Crippen LogP contribution is -1.85. The fourth-order valence-electron chi connectivity index (χ4n) is 1.65. The molecule has 1 aromatic carbocycles. The van der Waals surface area contributed by atoms with Crippen LogP contribution >= 0.6 is 34.3 Å². The maximum atomic E-state index is 5.97. The number of hydrogen-bond donors (Lipinski definition) is 1. The summed E-state index contributed by atoms with van der Waals surface area (Å²) < 4.78 is 0. The average Bonchev–Trinajstić information content (AvgIpc) is 2.98. The summed E-state index contributed by atoms with van der Waals surface area (Å²) in [5.41, 5.74) is 6.72. The fraction of sp³-hybridized carbons (Fsp3) is 0.0833. The zero-order valence-electron chi connectivity index (χ0n) is 9.71. The number of rotatable bonds is 3. The van der Waals surface area contributed by atoms with E-state index >= 15 is 0 Å². The van der Waals surface area contributed by atoms with Gasteiger partial charge in [0.25, 0.3) is 0 Å². The van der Waals surface area contributed by atoms with Gasteiger partial charge < -0.3 is 5.73 Å². The minimum atomic E-state index is 0.472. The van der Waals surface area contributed by atoms with Crippen molar-refractivity contribution in [2.45, 2.75) is 6.42 Å². The van der Waals surface area contributed by atoms with E-state index in [0.29, 0.717) is 5.13 Å². The second kappa shape index (κ2) is 5.24. The molecule has 96 valence electrons. The Bertz CT molecular complexity index is 707. The van der Waals surface area contributed by atoms with Gasteiger partial charge in [0.05, 0.1) is 9.88 Å². The predicted octanol–water partition coefficient (Wildman–Crippen LogP) is 3.49. The third-order valence-electron chi connectivity index (χ3n) is 2.45. The zero-order valence-corrected chi connectivity index (χ0v) is 12.1. The lowest BCUT2D eigenvalue weighted by Gasteiger charge is -1.97. The minimum Gasteiger partial charge on any atom is -0.374 e. The third-order valence-corrected chi connectivity index (χ3v) is 4.60. The van der Waals surface area contributed by atoms with Gasteiger partial charge >= 0.3 is 0 Å². The summed E-state index contributed by atoms with van der Waals surface area (Å²) in [7, 11) is 0. The minimum absolute atomic E-state index is 0.472. The first-order valence-corrected chi connectivity index (χ1v) is 7.50. The van der Waals surface area contributed by atoms with E-state index < -0.39 is 0 Å². The molecule has 2 aromatic heterocycles. The van der Waals surface area contributed by atoms with Crippen LogP contribution in [0.3, 0.4) is 0 Å². The van der Waals surface area contributed by atoms with Crippen LogP contribution < -0.4 is 5.73 Å². The summed E-state index contributed by atoms with van der Waals surface area (Å²) >= 11 is 8.93. The van der Waals surface area contributed by atoms with Gasteiger partial charge in [0.2, 0.25) is 5.13 Å². The highest BCUT2D eigenvalue weighted by molar-refractivity contribution is 7.23. The molecule has 7 heteroatoms. The van der Waals surface area contributed by atoms with Gasteiger partial charge in [-0.25, -0.2) is 4.98 Å². The second-order valence-electron chi connectivity index (χ2n) is 3.87. The molecular formula is C12H9ClN4S2. The van der Waals surface area contributed by atoms with Crippen LogP contribution in [0.15, 0.2) is 30.5 Å². The monoisotopic (exact) mass is 308 g/mol. The molecule has 0 radical (unpaired) electrons. The molecule has 0 aliphatic rings. The van der Waals surface area contributed by atoms with Crippen LogP contribution in [0.1, 0.15) is 10.6 Å². The number of nitrogens with two attached hydrogens (primary N) is 1. The normalized spacial score (nSPS) is 10.8. The van der Waals surface area contributed by atoms with E-state index in [2.05, 4.69) is 15.2 Å². The van der Waals surface area contributed by atoms with Gasteiger partial charge in [-0.3, -0.25) is 0 Å². The van der Waals surface area contributed by atoms with Gasteiger partial charge in [-0.2, -0.15) is 0 Å². The predicted molar refractivity (Wildman–Crippen MR) is 79.7 cm³/mol. The van der Waals surface area contributed by atoms with E-state index in [0.717, 1.165) is 31.9 Å². The Hall–Kier alpha value is -1.50. The van der Waals surface area contributed by atoms with E-state index in [1.807, 2.05) is 30.5 Å². The van der Waals surface area contributed by atoms with Crippen LogP contribution in [-0.2, 0) is 6.42 Å². The molecule has 2 N–H and O–H groups in total. The molecule has 0 saturated heterocycles. The van der Waals surface area contributed by atoms with Gasteiger partial charge in [0.1, 0.15) is 0 Å². The van der Waals surface area contributed by atoms with Gasteiger partial charge in [-0.1, -0.05) is 35.1 Å². The topological polar surface area (TPSA) is 64.7 Å². The van der Waals surface area contributed by atoms with Crippen molar-refractivity contribution in [2.75, 3.05) is 5.73 Å². The highest BCUT2D eigenvalue weighted by Gasteiger charge is 2.09.